The zero-order chi connectivity index (χ0) is 15.2. The first-order valence-electron chi connectivity index (χ1n) is 6.47. The Hall–Kier alpha value is -0.980. The van der Waals surface area contributed by atoms with Crippen molar-refractivity contribution >= 4 is 10.1 Å². The van der Waals surface area contributed by atoms with Gasteiger partial charge in [-0.05, 0) is 49.7 Å². The van der Waals surface area contributed by atoms with Crippen LogP contribution in [0.2, 0.25) is 0 Å². The third kappa shape index (κ3) is 2.73. The molecular formula is C13H17F3O3S. The molecule has 0 bridgehead atoms. The van der Waals surface area contributed by atoms with Gasteiger partial charge in [0, 0.05) is 6.42 Å². The van der Waals surface area contributed by atoms with Crippen LogP contribution in [-0.4, -0.2) is 13.9 Å². The summed E-state index contributed by atoms with van der Waals surface area (Å²) in [5.41, 5.74) is -3.42. The summed E-state index contributed by atoms with van der Waals surface area (Å²) in [6.45, 7) is 4.00. The fraction of sp³-hybridized carbons (Fsp3) is 0.692. The van der Waals surface area contributed by atoms with Crippen molar-refractivity contribution < 1.29 is 25.8 Å². The molecule has 2 rings (SSSR count). The highest BCUT2D eigenvalue weighted by atomic mass is 32.2. The fourth-order valence-corrected chi connectivity index (χ4v) is 3.48. The molecule has 20 heavy (non-hydrogen) atoms. The molecule has 0 aromatic heterocycles. The van der Waals surface area contributed by atoms with Crippen molar-refractivity contribution in [3.8, 4) is 0 Å². The number of fused-ring (bicyclic) bond motifs is 1. The number of halogens is 3. The predicted molar refractivity (Wildman–Crippen MR) is 68.0 cm³/mol. The van der Waals surface area contributed by atoms with E-state index in [1.54, 1.807) is 0 Å². The van der Waals surface area contributed by atoms with Gasteiger partial charge in [-0.3, -0.25) is 0 Å². The molecule has 0 saturated carbocycles. The van der Waals surface area contributed by atoms with Gasteiger partial charge < -0.3 is 4.18 Å². The van der Waals surface area contributed by atoms with Crippen molar-refractivity contribution in [3.05, 3.63) is 23.0 Å². The maximum atomic E-state index is 12.3. The van der Waals surface area contributed by atoms with Gasteiger partial charge in [-0.2, -0.15) is 21.6 Å². The van der Waals surface area contributed by atoms with E-state index in [9.17, 15) is 21.6 Å². The summed E-state index contributed by atoms with van der Waals surface area (Å²) in [6, 6.07) is 0. The van der Waals surface area contributed by atoms with E-state index in [-0.39, 0.29) is 17.6 Å². The van der Waals surface area contributed by atoms with Gasteiger partial charge >= 0.3 is 15.6 Å². The maximum absolute atomic E-state index is 12.3. The Morgan fingerprint density at radius 1 is 1.25 bits per heavy atom. The van der Waals surface area contributed by atoms with E-state index in [1.807, 2.05) is 6.92 Å². The van der Waals surface area contributed by atoms with Crippen LogP contribution in [0, 0.1) is 5.41 Å². The van der Waals surface area contributed by atoms with Crippen LogP contribution in [0.1, 0.15) is 46.0 Å². The van der Waals surface area contributed by atoms with E-state index in [4.69, 9.17) is 0 Å². The summed E-state index contributed by atoms with van der Waals surface area (Å²) in [5, 5.41) is 0. The molecule has 0 amide bonds. The van der Waals surface area contributed by atoms with Gasteiger partial charge in [0.15, 0.2) is 0 Å². The normalized spacial score (nSPS) is 27.9. The lowest BCUT2D eigenvalue weighted by molar-refractivity contribution is -0.0524. The second-order valence-electron chi connectivity index (χ2n) is 5.70. The Morgan fingerprint density at radius 3 is 2.50 bits per heavy atom. The van der Waals surface area contributed by atoms with E-state index >= 15 is 0 Å². The Balaban J connectivity index is 2.31. The van der Waals surface area contributed by atoms with Crippen molar-refractivity contribution in [1.82, 2.24) is 0 Å². The Morgan fingerprint density at radius 2 is 1.90 bits per heavy atom. The molecule has 0 N–H and O–H groups in total. The van der Waals surface area contributed by atoms with Crippen LogP contribution in [-0.2, 0) is 14.3 Å². The first-order valence-corrected chi connectivity index (χ1v) is 7.88. The van der Waals surface area contributed by atoms with Gasteiger partial charge in [-0.1, -0.05) is 12.5 Å². The minimum atomic E-state index is -5.56. The number of hydrogen-bond acceptors (Lipinski definition) is 3. The average Bonchev–Trinajstić information content (AvgIpc) is 2.29. The van der Waals surface area contributed by atoms with Crippen molar-refractivity contribution in [2.24, 2.45) is 5.41 Å². The molecule has 1 atom stereocenters. The Bertz CT molecular complexity index is 572. The number of allylic oxidation sites excluding steroid dienone is 4. The molecular weight excluding hydrogens is 293 g/mol. The van der Waals surface area contributed by atoms with E-state index in [1.165, 1.54) is 6.08 Å². The molecule has 2 aliphatic carbocycles. The topological polar surface area (TPSA) is 43.4 Å². The summed E-state index contributed by atoms with van der Waals surface area (Å²) in [4.78, 5) is 0. The average molecular weight is 310 g/mol. The quantitative estimate of drug-likeness (QED) is 0.571. The molecule has 114 valence electrons. The van der Waals surface area contributed by atoms with Gasteiger partial charge in [0.1, 0.15) is 5.76 Å². The Kier molecular flexibility index (Phi) is 3.69. The summed E-state index contributed by atoms with van der Waals surface area (Å²) < 4.78 is 63.3. The molecule has 2 aliphatic rings. The van der Waals surface area contributed by atoms with E-state index in [0.29, 0.717) is 6.42 Å². The molecule has 0 radical (unpaired) electrons. The lowest BCUT2D eigenvalue weighted by Crippen LogP contribution is -2.29. The monoisotopic (exact) mass is 310 g/mol. The number of rotatable bonds is 2. The van der Waals surface area contributed by atoms with Crippen LogP contribution >= 0.6 is 0 Å². The first-order chi connectivity index (χ1) is 9.05. The van der Waals surface area contributed by atoms with Crippen molar-refractivity contribution in [2.75, 3.05) is 0 Å². The van der Waals surface area contributed by atoms with Gasteiger partial charge in [0.2, 0.25) is 0 Å². The number of hydrogen-bond donors (Lipinski definition) is 0. The summed E-state index contributed by atoms with van der Waals surface area (Å²) in [6.07, 6.45) is 5.22. The standard InChI is InChI=1S/C13H17F3O3S/c1-9-4-3-6-12(2)7-5-10(8-11(9)12)19-20(17,18)13(14,15)16/h8H,3-7H2,1-2H3/t12-/m0/s1. The van der Waals surface area contributed by atoms with Crippen molar-refractivity contribution in [3.63, 3.8) is 0 Å². The minimum absolute atomic E-state index is 0.0722. The third-order valence-corrected chi connectivity index (χ3v) is 5.12. The van der Waals surface area contributed by atoms with Crippen LogP contribution in [0.3, 0.4) is 0 Å². The maximum Gasteiger partial charge on any atom is 0.534 e. The van der Waals surface area contributed by atoms with Gasteiger partial charge in [0.25, 0.3) is 0 Å². The molecule has 0 saturated heterocycles. The molecule has 0 aromatic rings. The van der Waals surface area contributed by atoms with Crippen LogP contribution in [0.25, 0.3) is 0 Å². The zero-order valence-electron chi connectivity index (χ0n) is 11.4. The largest absolute Gasteiger partial charge is 0.534 e. The zero-order valence-corrected chi connectivity index (χ0v) is 12.2. The Labute approximate surface area is 116 Å². The van der Waals surface area contributed by atoms with Crippen molar-refractivity contribution in [2.45, 2.75) is 51.5 Å². The molecule has 3 nitrogen and oxygen atoms in total. The third-order valence-electron chi connectivity index (χ3n) is 4.12. The van der Waals surface area contributed by atoms with Crippen LogP contribution in [0.15, 0.2) is 23.0 Å². The lowest BCUT2D eigenvalue weighted by Gasteiger charge is -2.39. The van der Waals surface area contributed by atoms with E-state index in [0.717, 1.165) is 30.4 Å². The molecule has 0 fully saturated rings. The van der Waals surface area contributed by atoms with Crippen LogP contribution in [0.4, 0.5) is 13.2 Å². The molecule has 0 unspecified atom stereocenters. The predicted octanol–water partition coefficient (Wildman–Crippen LogP) is 4.04. The lowest BCUT2D eigenvalue weighted by atomic mass is 9.66. The molecule has 0 aromatic carbocycles. The highest BCUT2D eigenvalue weighted by molar-refractivity contribution is 7.87. The minimum Gasteiger partial charge on any atom is -0.381 e. The second-order valence-corrected chi connectivity index (χ2v) is 7.24. The summed E-state index contributed by atoms with van der Waals surface area (Å²) in [5.74, 6) is -0.115. The van der Waals surface area contributed by atoms with Crippen LogP contribution in [0.5, 0.6) is 0 Å². The van der Waals surface area contributed by atoms with E-state index < -0.39 is 15.6 Å². The second kappa shape index (κ2) is 4.79. The van der Waals surface area contributed by atoms with Gasteiger partial charge in [0.05, 0.1) is 0 Å². The van der Waals surface area contributed by atoms with Gasteiger partial charge in [-0.15, -0.1) is 0 Å². The highest BCUT2D eigenvalue weighted by Gasteiger charge is 2.49. The highest BCUT2D eigenvalue weighted by Crippen LogP contribution is 2.48. The fourth-order valence-electron chi connectivity index (χ4n) is 2.97. The molecule has 7 heteroatoms. The molecule has 0 spiro atoms. The number of alkyl halides is 3. The molecule has 0 heterocycles. The van der Waals surface area contributed by atoms with E-state index in [2.05, 4.69) is 11.1 Å². The summed E-state index contributed by atoms with van der Waals surface area (Å²) >= 11 is 0. The van der Waals surface area contributed by atoms with Gasteiger partial charge in [-0.25, -0.2) is 0 Å². The summed E-state index contributed by atoms with van der Waals surface area (Å²) in [7, 11) is -5.56. The SMILES string of the molecule is CC1=C2C=C(OS(=O)(=O)C(F)(F)F)CC[C@]2(C)CCC1. The first kappa shape index (κ1) is 15.4. The van der Waals surface area contributed by atoms with Crippen LogP contribution < -0.4 is 0 Å². The smallest absolute Gasteiger partial charge is 0.381 e. The molecule has 0 aliphatic heterocycles. The van der Waals surface area contributed by atoms with Crippen molar-refractivity contribution in [1.29, 1.82) is 0 Å².